The van der Waals surface area contributed by atoms with Gasteiger partial charge in [-0.2, -0.15) is 4.31 Å². The van der Waals surface area contributed by atoms with Gasteiger partial charge < -0.3 is 5.73 Å². The molecule has 0 amide bonds. The van der Waals surface area contributed by atoms with Gasteiger partial charge in [-0.15, -0.1) is 0 Å². The molecule has 1 saturated heterocycles. The van der Waals surface area contributed by atoms with Gasteiger partial charge in [0.25, 0.3) is 0 Å². The van der Waals surface area contributed by atoms with Crippen molar-refractivity contribution in [2.75, 3.05) is 12.3 Å². The third-order valence-corrected chi connectivity index (χ3v) is 10.3. The number of hydrogen-bond acceptors (Lipinski definition) is 3. The SMILES string of the molecule is NCC1CCS(=O)(=O)N1Cc1ccccc1.c1ccc(P(c2ccccc2)c2ccccc2)cc1. The van der Waals surface area contributed by atoms with Crippen molar-refractivity contribution < 1.29 is 8.42 Å². The first-order chi connectivity index (χ1) is 17.1. The van der Waals surface area contributed by atoms with Gasteiger partial charge in [-0.1, -0.05) is 121 Å². The van der Waals surface area contributed by atoms with Crippen molar-refractivity contribution in [2.24, 2.45) is 5.73 Å². The van der Waals surface area contributed by atoms with Gasteiger partial charge in [0.2, 0.25) is 10.0 Å². The van der Waals surface area contributed by atoms with Crippen LogP contribution in [0.2, 0.25) is 0 Å². The monoisotopic (exact) mass is 502 g/mol. The minimum Gasteiger partial charge on any atom is -0.329 e. The van der Waals surface area contributed by atoms with Crippen LogP contribution < -0.4 is 21.6 Å². The van der Waals surface area contributed by atoms with Crippen LogP contribution in [0.4, 0.5) is 0 Å². The van der Waals surface area contributed by atoms with Crippen LogP contribution in [-0.4, -0.2) is 31.1 Å². The lowest BCUT2D eigenvalue weighted by atomic mass is 10.2. The fourth-order valence-electron chi connectivity index (χ4n) is 4.18. The zero-order valence-electron chi connectivity index (χ0n) is 19.6. The zero-order chi connectivity index (χ0) is 24.5. The van der Waals surface area contributed by atoms with E-state index in [0.717, 1.165) is 5.56 Å². The first kappa shape index (κ1) is 25.3. The summed E-state index contributed by atoms with van der Waals surface area (Å²) in [6.07, 6.45) is 0.645. The molecule has 4 aromatic rings. The first-order valence-electron chi connectivity index (χ1n) is 11.8. The van der Waals surface area contributed by atoms with Gasteiger partial charge in [0.1, 0.15) is 0 Å². The smallest absolute Gasteiger partial charge is 0.214 e. The van der Waals surface area contributed by atoms with Gasteiger partial charge >= 0.3 is 0 Å². The average Bonchev–Trinajstić information content (AvgIpc) is 3.20. The molecule has 1 aliphatic rings. The van der Waals surface area contributed by atoms with Crippen LogP contribution in [0.25, 0.3) is 0 Å². The zero-order valence-corrected chi connectivity index (χ0v) is 21.4. The van der Waals surface area contributed by atoms with Crippen LogP contribution in [0.3, 0.4) is 0 Å². The number of nitrogens with zero attached hydrogens (tertiary/aromatic N) is 1. The highest BCUT2D eigenvalue weighted by Crippen LogP contribution is 2.32. The highest BCUT2D eigenvalue weighted by atomic mass is 32.2. The van der Waals surface area contributed by atoms with Crippen molar-refractivity contribution in [1.29, 1.82) is 0 Å². The van der Waals surface area contributed by atoms with E-state index < -0.39 is 17.9 Å². The van der Waals surface area contributed by atoms with Crippen molar-refractivity contribution in [1.82, 2.24) is 4.31 Å². The van der Waals surface area contributed by atoms with E-state index in [4.69, 9.17) is 5.73 Å². The lowest BCUT2D eigenvalue weighted by molar-refractivity contribution is 0.342. The first-order valence-corrected chi connectivity index (χ1v) is 14.7. The Bertz CT molecular complexity index is 1180. The fourth-order valence-corrected chi connectivity index (χ4v) is 8.28. The molecule has 5 rings (SSSR count). The molecule has 1 fully saturated rings. The van der Waals surface area contributed by atoms with Gasteiger partial charge in [-0.25, -0.2) is 8.42 Å². The molecule has 4 nitrogen and oxygen atoms in total. The van der Waals surface area contributed by atoms with Crippen molar-refractivity contribution in [3.05, 3.63) is 127 Å². The summed E-state index contributed by atoms with van der Waals surface area (Å²) in [6.45, 7) is 0.830. The van der Waals surface area contributed by atoms with E-state index in [1.807, 2.05) is 30.3 Å². The van der Waals surface area contributed by atoms with Gasteiger partial charge in [0, 0.05) is 19.1 Å². The molecule has 1 atom stereocenters. The number of hydrogen-bond donors (Lipinski definition) is 1. The Morgan fingerprint density at radius 2 is 1.09 bits per heavy atom. The standard InChI is InChI=1S/C18H15P.C11H16N2O2S/c1-4-10-16(11-5-1)19(17-12-6-2-7-13-17)18-14-8-3-9-15-18;12-8-11-6-7-16(14,15)13(11)9-10-4-2-1-3-5-10/h1-15H;1-5,11H,6-9,12H2. The van der Waals surface area contributed by atoms with Crippen LogP contribution in [0.5, 0.6) is 0 Å². The summed E-state index contributed by atoms with van der Waals surface area (Å²) < 4.78 is 25.1. The van der Waals surface area contributed by atoms with Gasteiger partial charge in [0.15, 0.2) is 0 Å². The van der Waals surface area contributed by atoms with E-state index >= 15 is 0 Å². The summed E-state index contributed by atoms with van der Waals surface area (Å²) in [5.74, 6) is 0.224. The molecule has 2 N–H and O–H groups in total. The molecule has 1 heterocycles. The van der Waals surface area contributed by atoms with Crippen LogP contribution in [0.1, 0.15) is 12.0 Å². The molecule has 4 aromatic carbocycles. The fraction of sp³-hybridized carbons (Fsp3) is 0.172. The lowest BCUT2D eigenvalue weighted by Crippen LogP contribution is -2.37. The lowest BCUT2D eigenvalue weighted by Gasteiger charge is -2.21. The Balaban J connectivity index is 0.000000168. The average molecular weight is 503 g/mol. The predicted molar refractivity (Wildman–Crippen MR) is 148 cm³/mol. The normalized spacial score (nSPS) is 17.0. The maximum absolute atomic E-state index is 11.8. The van der Waals surface area contributed by atoms with E-state index in [1.54, 1.807) is 0 Å². The third kappa shape index (κ3) is 6.65. The van der Waals surface area contributed by atoms with Crippen LogP contribution in [-0.2, 0) is 16.6 Å². The number of sulfonamides is 1. The largest absolute Gasteiger partial charge is 0.329 e. The minimum absolute atomic E-state index is 0.0368. The molecule has 0 aromatic heterocycles. The molecule has 0 saturated carbocycles. The van der Waals surface area contributed by atoms with Gasteiger partial charge in [-0.3, -0.25) is 0 Å². The van der Waals surface area contributed by atoms with E-state index in [1.165, 1.54) is 20.2 Å². The minimum atomic E-state index is -3.09. The molecule has 0 radical (unpaired) electrons. The highest BCUT2D eigenvalue weighted by molar-refractivity contribution is 7.89. The van der Waals surface area contributed by atoms with Crippen LogP contribution in [0, 0.1) is 0 Å². The molecule has 0 spiro atoms. The number of rotatable bonds is 6. The Labute approximate surface area is 210 Å². The van der Waals surface area contributed by atoms with E-state index in [2.05, 4.69) is 91.0 Å². The third-order valence-electron chi connectivity index (χ3n) is 5.97. The Kier molecular flexibility index (Phi) is 8.84. The van der Waals surface area contributed by atoms with Crippen LogP contribution in [0.15, 0.2) is 121 Å². The topological polar surface area (TPSA) is 63.4 Å². The maximum Gasteiger partial charge on any atom is 0.214 e. The summed E-state index contributed by atoms with van der Waals surface area (Å²) in [5.41, 5.74) is 6.60. The molecular weight excluding hydrogens is 471 g/mol. The Morgan fingerprint density at radius 3 is 1.49 bits per heavy atom. The molecule has 6 heteroatoms. The summed E-state index contributed by atoms with van der Waals surface area (Å²) in [4.78, 5) is 0. The Morgan fingerprint density at radius 1 is 0.686 bits per heavy atom. The predicted octanol–water partition coefficient (Wildman–Crippen LogP) is 3.99. The second-order valence-corrected chi connectivity index (χ2v) is 12.6. The maximum atomic E-state index is 11.8. The highest BCUT2D eigenvalue weighted by Gasteiger charge is 2.36. The molecule has 1 unspecified atom stereocenters. The van der Waals surface area contributed by atoms with E-state index in [-0.39, 0.29) is 11.8 Å². The van der Waals surface area contributed by atoms with Crippen LogP contribution >= 0.6 is 7.92 Å². The van der Waals surface area contributed by atoms with E-state index in [9.17, 15) is 8.42 Å². The molecule has 0 aliphatic carbocycles. The quantitative estimate of drug-likeness (QED) is 0.406. The summed E-state index contributed by atoms with van der Waals surface area (Å²) in [7, 11) is -3.54. The van der Waals surface area contributed by atoms with Crippen molar-refractivity contribution in [3.8, 4) is 0 Å². The van der Waals surface area contributed by atoms with Gasteiger partial charge in [-0.05, 0) is 35.8 Å². The molecule has 1 aliphatic heterocycles. The molecular formula is C29H31N2O2PS. The molecule has 35 heavy (non-hydrogen) atoms. The van der Waals surface area contributed by atoms with Crippen molar-refractivity contribution in [2.45, 2.75) is 19.0 Å². The second kappa shape index (κ2) is 12.2. The summed E-state index contributed by atoms with van der Waals surface area (Å²) >= 11 is 0. The number of nitrogens with two attached hydrogens (primary N) is 1. The van der Waals surface area contributed by atoms with Crippen molar-refractivity contribution in [3.63, 3.8) is 0 Å². The molecule has 0 bridgehead atoms. The van der Waals surface area contributed by atoms with E-state index in [0.29, 0.717) is 19.5 Å². The Hall–Kier alpha value is -2.82. The second-order valence-electron chi connectivity index (χ2n) is 8.37. The van der Waals surface area contributed by atoms with Gasteiger partial charge in [0.05, 0.1) is 5.75 Å². The molecule has 180 valence electrons. The summed E-state index contributed by atoms with van der Waals surface area (Å²) in [5, 5.41) is 4.19. The summed E-state index contributed by atoms with van der Waals surface area (Å²) in [6, 6.07) is 41.9. The van der Waals surface area contributed by atoms with Crippen molar-refractivity contribution >= 4 is 33.9 Å². The number of benzene rings is 4.